The number of ether oxygens (including phenoxy) is 2. The zero-order valence-electron chi connectivity index (χ0n) is 19.9. The fraction of sp³-hybridized carbons (Fsp3) is 0.0667. The van der Waals surface area contributed by atoms with E-state index in [1.807, 2.05) is 0 Å². The van der Waals surface area contributed by atoms with E-state index in [0.29, 0.717) is 22.3 Å². The smallest absolute Gasteiger partial charge is 0.339 e. The molecular formula is C30H20Br2O6. The predicted octanol–water partition coefficient (Wildman–Crippen LogP) is 6.96. The molecule has 0 unspecified atom stereocenters. The Kier molecular flexibility index (Phi) is 8.99. The SMILES string of the molecule is O=C(COC(=O)c1ccccc1-c1ccccc1C(=O)OCC(=O)c1ccc(Br)cc1)c1ccc(Br)cc1. The van der Waals surface area contributed by atoms with Crippen molar-refractivity contribution in [2.75, 3.05) is 13.2 Å². The Morgan fingerprint density at radius 2 is 0.842 bits per heavy atom. The summed E-state index contributed by atoms with van der Waals surface area (Å²) < 4.78 is 12.3. The summed E-state index contributed by atoms with van der Waals surface area (Å²) in [7, 11) is 0. The minimum absolute atomic E-state index is 0.183. The van der Waals surface area contributed by atoms with Crippen molar-refractivity contribution in [3.8, 4) is 11.1 Å². The normalized spacial score (nSPS) is 10.5. The highest BCUT2D eigenvalue weighted by Gasteiger charge is 2.21. The van der Waals surface area contributed by atoms with Gasteiger partial charge < -0.3 is 9.47 Å². The Labute approximate surface area is 235 Å². The molecule has 0 aromatic heterocycles. The summed E-state index contributed by atoms with van der Waals surface area (Å²) in [5.74, 6) is -2.11. The molecule has 8 heteroatoms. The molecule has 6 nitrogen and oxygen atoms in total. The van der Waals surface area contributed by atoms with E-state index in [4.69, 9.17) is 9.47 Å². The zero-order chi connectivity index (χ0) is 27.1. The predicted molar refractivity (Wildman–Crippen MR) is 149 cm³/mol. The molecular weight excluding hydrogens is 616 g/mol. The number of benzene rings is 4. The minimum atomic E-state index is -0.709. The van der Waals surface area contributed by atoms with Gasteiger partial charge in [0.1, 0.15) is 0 Å². The third kappa shape index (κ3) is 6.70. The molecule has 0 aliphatic heterocycles. The zero-order valence-corrected chi connectivity index (χ0v) is 23.0. The summed E-state index contributed by atoms with van der Waals surface area (Å²) >= 11 is 6.63. The summed E-state index contributed by atoms with van der Waals surface area (Å²) in [6.45, 7) is -0.868. The largest absolute Gasteiger partial charge is 0.454 e. The third-order valence-corrected chi connectivity index (χ3v) is 6.64. The van der Waals surface area contributed by atoms with Crippen LogP contribution in [0.1, 0.15) is 41.4 Å². The molecule has 0 radical (unpaired) electrons. The second-order valence-corrected chi connectivity index (χ2v) is 9.93. The average molecular weight is 636 g/mol. The summed E-state index contributed by atoms with van der Waals surface area (Å²) in [6, 6.07) is 26.7. The second kappa shape index (κ2) is 12.6. The molecule has 38 heavy (non-hydrogen) atoms. The van der Waals surface area contributed by atoms with Crippen molar-refractivity contribution in [2.45, 2.75) is 0 Å². The molecule has 190 valence electrons. The maximum absolute atomic E-state index is 13.0. The standard InChI is InChI=1S/C30H20Br2O6/c31-21-13-9-19(10-14-21)27(33)17-37-29(35)25-7-3-1-5-23(25)24-6-2-4-8-26(24)30(36)38-18-28(34)20-11-15-22(32)16-12-20/h1-16H,17-18H2. The third-order valence-electron chi connectivity index (χ3n) is 5.59. The topological polar surface area (TPSA) is 86.7 Å². The Hall–Kier alpha value is -3.88. The molecule has 0 heterocycles. The average Bonchev–Trinajstić information content (AvgIpc) is 2.95. The van der Waals surface area contributed by atoms with Crippen LogP contribution in [0, 0.1) is 0 Å². The molecule has 0 amide bonds. The van der Waals surface area contributed by atoms with Crippen LogP contribution in [0.2, 0.25) is 0 Å². The molecule has 0 aliphatic rings. The van der Waals surface area contributed by atoms with Gasteiger partial charge in [-0.05, 0) is 47.5 Å². The highest BCUT2D eigenvalue weighted by molar-refractivity contribution is 9.10. The molecule has 4 aromatic rings. The van der Waals surface area contributed by atoms with Gasteiger partial charge >= 0.3 is 11.9 Å². The first-order chi connectivity index (χ1) is 18.3. The van der Waals surface area contributed by atoms with E-state index in [9.17, 15) is 19.2 Å². The summed E-state index contributed by atoms with van der Waals surface area (Å²) in [5, 5.41) is 0. The summed E-state index contributed by atoms with van der Waals surface area (Å²) in [5.41, 5.74) is 2.06. The van der Waals surface area contributed by atoms with Crippen LogP contribution in [0.3, 0.4) is 0 Å². The van der Waals surface area contributed by atoms with Gasteiger partial charge in [0.15, 0.2) is 24.8 Å². The van der Waals surface area contributed by atoms with Gasteiger partial charge in [-0.1, -0.05) is 92.5 Å². The lowest BCUT2D eigenvalue weighted by atomic mass is 9.95. The fourth-order valence-electron chi connectivity index (χ4n) is 3.65. The number of carbonyl (C=O) groups is 4. The number of hydrogen-bond acceptors (Lipinski definition) is 6. The van der Waals surface area contributed by atoms with Crippen molar-refractivity contribution >= 4 is 55.4 Å². The number of Topliss-reactive ketones (excluding diaryl/α,β-unsaturated/α-hetero) is 2. The van der Waals surface area contributed by atoms with Crippen LogP contribution < -0.4 is 0 Å². The van der Waals surface area contributed by atoms with Gasteiger partial charge in [-0.15, -0.1) is 0 Å². The van der Waals surface area contributed by atoms with E-state index in [1.165, 1.54) is 0 Å². The highest BCUT2D eigenvalue weighted by atomic mass is 79.9. The molecule has 0 atom stereocenters. The molecule has 0 fully saturated rings. The molecule has 0 aliphatic carbocycles. The Bertz CT molecular complexity index is 1380. The fourth-order valence-corrected chi connectivity index (χ4v) is 4.18. The van der Waals surface area contributed by atoms with Crippen LogP contribution in [0.15, 0.2) is 106 Å². The van der Waals surface area contributed by atoms with Gasteiger partial charge in [0, 0.05) is 20.1 Å². The van der Waals surface area contributed by atoms with Crippen molar-refractivity contribution in [3.63, 3.8) is 0 Å². The van der Waals surface area contributed by atoms with E-state index in [2.05, 4.69) is 31.9 Å². The van der Waals surface area contributed by atoms with E-state index in [0.717, 1.165) is 8.95 Å². The van der Waals surface area contributed by atoms with Crippen LogP contribution in [-0.4, -0.2) is 36.7 Å². The van der Waals surface area contributed by atoms with E-state index in [1.54, 1.807) is 97.1 Å². The first-order valence-electron chi connectivity index (χ1n) is 11.4. The minimum Gasteiger partial charge on any atom is -0.454 e. The van der Waals surface area contributed by atoms with Crippen molar-refractivity contribution < 1.29 is 28.7 Å². The van der Waals surface area contributed by atoms with Gasteiger partial charge in [-0.25, -0.2) is 9.59 Å². The van der Waals surface area contributed by atoms with Crippen molar-refractivity contribution in [1.29, 1.82) is 0 Å². The van der Waals surface area contributed by atoms with Gasteiger partial charge in [0.2, 0.25) is 0 Å². The summed E-state index contributed by atoms with van der Waals surface area (Å²) in [6.07, 6.45) is 0. The van der Waals surface area contributed by atoms with Gasteiger partial charge in [-0.2, -0.15) is 0 Å². The maximum atomic E-state index is 13.0. The second-order valence-electron chi connectivity index (χ2n) is 8.10. The lowest BCUT2D eigenvalue weighted by Crippen LogP contribution is -2.16. The number of ketones is 2. The lowest BCUT2D eigenvalue weighted by Gasteiger charge is -2.13. The van der Waals surface area contributed by atoms with E-state index in [-0.39, 0.29) is 22.7 Å². The molecule has 4 rings (SSSR count). The number of carbonyl (C=O) groups excluding carboxylic acids is 4. The Balaban J connectivity index is 1.50. The van der Waals surface area contributed by atoms with E-state index < -0.39 is 25.2 Å². The van der Waals surface area contributed by atoms with Crippen molar-refractivity contribution in [3.05, 3.63) is 128 Å². The molecule has 0 N–H and O–H groups in total. The van der Waals surface area contributed by atoms with Crippen LogP contribution in [0.4, 0.5) is 0 Å². The van der Waals surface area contributed by atoms with Crippen molar-refractivity contribution in [1.82, 2.24) is 0 Å². The first-order valence-corrected chi connectivity index (χ1v) is 13.0. The molecule has 0 spiro atoms. The van der Waals surface area contributed by atoms with Crippen LogP contribution >= 0.6 is 31.9 Å². The first kappa shape index (κ1) is 27.2. The monoisotopic (exact) mass is 634 g/mol. The van der Waals surface area contributed by atoms with Crippen LogP contribution in [-0.2, 0) is 9.47 Å². The molecule has 0 bridgehead atoms. The van der Waals surface area contributed by atoms with Crippen LogP contribution in [0.25, 0.3) is 11.1 Å². The maximum Gasteiger partial charge on any atom is 0.339 e. The lowest BCUT2D eigenvalue weighted by molar-refractivity contribution is 0.0470. The number of esters is 2. The molecule has 0 saturated carbocycles. The molecule has 4 aromatic carbocycles. The van der Waals surface area contributed by atoms with E-state index >= 15 is 0 Å². The number of halogens is 2. The highest BCUT2D eigenvalue weighted by Crippen LogP contribution is 2.28. The van der Waals surface area contributed by atoms with Gasteiger partial charge in [0.05, 0.1) is 11.1 Å². The number of rotatable bonds is 9. The molecule has 0 saturated heterocycles. The van der Waals surface area contributed by atoms with Crippen LogP contribution in [0.5, 0.6) is 0 Å². The quantitative estimate of drug-likeness (QED) is 0.146. The van der Waals surface area contributed by atoms with Gasteiger partial charge in [0.25, 0.3) is 0 Å². The number of hydrogen-bond donors (Lipinski definition) is 0. The van der Waals surface area contributed by atoms with Gasteiger partial charge in [-0.3, -0.25) is 9.59 Å². The van der Waals surface area contributed by atoms with Crippen molar-refractivity contribution in [2.24, 2.45) is 0 Å². The summed E-state index contributed by atoms with van der Waals surface area (Å²) in [4.78, 5) is 50.8. The Morgan fingerprint density at radius 1 is 0.500 bits per heavy atom. The Morgan fingerprint density at radius 3 is 1.21 bits per heavy atom.